The van der Waals surface area contributed by atoms with Gasteiger partial charge < -0.3 is 5.73 Å². The molecule has 0 aliphatic rings. The fourth-order valence-corrected chi connectivity index (χ4v) is 2.19. The van der Waals surface area contributed by atoms with Crippen LogP contribution < -0.4 is 5.73 Å². The van der Waals surface area contributed by atoms with Crippen LogP contribution in [0.2, 0.25) is 10.0 Å². The predicted octanol–water partition coefficient (Wildman–Crippen LogP) is 3.41. The van der Waals surface area contributed by atoms with E-state index in [0.29, 0.717) is 10.0 Å². The van der Waals surface area contributed by atoms with Crippen LogP contribution in [0.15, 0.2) is 23.1 Å². The smallest absolute Gasteiger partial charge is 0.104 e. The van der Waals surface area contributed by atoms with Crippen LogP contribution in [-0.2, 0) is 0 Å². The van der Waals surface area contributed by atoms with Gasteiger partial charge in [-0.05, 0) is 25.1 Å². The van der Waals surface area contributed by atoms with Crippen molar-refractivity contribution in [2.24, 2.45) is 5.73 Å². The second-order valence-electron chi connectivity index (χ2n) is 2.79. The lowest BCUT2D eigenvalue weighted by Crippen LogP contribution is -2.21. The van der Waals surface area contributed by atoms with Gasteiger partial charge in [0.1, 0.15) is 5.84 Å². The molecule has 0 saturated carbocycles. The first-order chi connectivity index (χ1) is 6.50. The molecule has 5 heteroatoms. The minimum absolute atomic E-state index is 0.0917. The van der Waals surface area contributed by atoms with E-state index in [9.17, 15) is 0 Å². The molecular weight excluding hydrogens is 239 g/mol. The fraction of sp³-hybridized carbons (Fsp3) is 0.222. The Morgan fingerprint density at radius 1 is 1.50 bits per heavy atom. The van der Waals surface area contributed by atoms with Crippen LogP contribution >= 0.6 is 35.0 Å². The highest BCUT2D eigenvalue weighted by Gasteiger charge is 2.10. The number of amidine groups is 1. The van der Waals surface area contributed by atoms with E-state index in [1.807, 2.05) is 6.92 Å². The van der Waals surface area contributed by atoms with Gasteiger partial charge in [-0.2, -0.15) is 0 Å². The number of hydrogen-bond donors (Lipinski definition) is 2. The number of nitrogens with two attached hydrogens (primary N) is 1. The summed E-state index contributed by atoms with van der Waals surface area (Å²) in [6.07, 6.45) is 0. The van der Waals surface area contributed by atoms with Crippen molar-refractivity contribution in [2.45, 2.75) is 17.1 Å². The van der Waals surface area contributed by atoms with Crippen molar-refractivity contribution >= 4 is 40.8 Å². The predicted molar refractivity (Wildman–Crippen MR) is 63.7 cm³/mol. The Balaban J connectivity index is 2.85. The van der Waals surface area contributed by atoms with Crippen LogP contribution in [0, 0.1) is 5.41 Å². The molecule has 76 valence electrons. The van der Waals surface area contributed by atoms with E-state index < -0.39 is 0 Å². The number of benzene rings is 1. The number of thioether (sulfide) groups is 1. The number of nitrogens with one attached hydrogen (secondary N) is 1. The molecule has 0 heterocycles. The molecule has 0 saturated heterocycles. The van der Waals surface area contributed by atoms with Crippen molar-refractivity contribution in [3.8, 4) is 0 Å². The van der Waals surface area contributed by atoms with E-state index >= 15 is 0 Å². The summed E-state index contributed by atoms with van der Waals surface area (Å²) in [5.74, 6) is 0.131. The zero-order chi connectivity index (χ0) is 10.7. The third-order valence-electron chi connectivity index (χ3n) is 1.63. The lowest BCUT2D eigenvalue weighted by atomic mass is 10.4. The van der Waals surface area contributed by atoms with Crippen molar-refractivity contribution in [1.82, 2.24) is 0 Å². The summed E-state index contributed by atoms with van der Waals surface area (Å²) in [7, 11) is 0. The zero-order valence-corrected chi connectivity index (χ0v) is 9.88. The van der Waals surface area contributed by atoms with Crippen molar-refractivity contribution in [1.29, 1.82) is 5.41 Å². The molecule has 0 amide bonds. The third kappa shape index (κ3) is 3.08. The molecule has 0 radical (unpaired) electrons. The molecule has 1 unspecified atom stereocenters. The van der Waals surface area contributed by atoms with E-state index in [4.69, 9.17) is 34.3 Å². The largest absolute Gasteiger partial charge is 0.387 e. The summed E-state index contributed by atoms with van der Waals surface area (Å²) < 4.78 is 0. The maximum absolute atomic E-state index is 7.25. The molecule has 0 aliphatic heterocycles. The first-order valence-corrected chi connectivity index (χ1v) is 5.60. The lowest BCUT2D eigenvalue weighted by molar-refractivity contribution is 1.22. The van der Waals surface area contributed by atoms with Crippen LogP contribution in [0.5, 0.6) is 0 Å². The van der Waals surface area contributed by atoms with Gasteiger partial charge in [0.2, 0.25) is 0 Å². The summed E-state index contributed by atoms with van der Waals surface area (Å²) in [5.41, 5.74) is 5.36. The standard InChI is InChI=1S/C9H10Cl2N2S/c1-5(9(12)13)14-8-4-6(10)2-3-7(8)11/h2-5H,1H3,(H3,12,13). The third-order valence-corrected chi connectivity index (χ3v) is 3.51. The zero-order valence-electron chi connectivity index (χ0n) is 7.55. The van der Waals surface area contributed by atoms with E-state index in [-0.39, 0.29) is 11.1 Å². The monoisotopic (exact) mass is 248 g/mol. The molecule has 1 atom stereocenters. The second-order valence-corrected chi connectivity index (χ2v) is 5.02. The van der Waals surface area contributed by atoms with Crippen molar-refractivity contribution in [3.05, 3.63) is 28.2 Å². The number of hydrogen-bond acceptors (Lipinski definition) is 2. The fourth-order valence-electron chi connectivity index (χ4n) is 0.821. The van der Waals surface area contributed by atoms with Gasteiger partial charge >= 0.3 is 0 Å². The first-order valence-electron chi connectivity index (χ1n) is 3.96. The maximum Gasteiger partial charge on any atom is 0.104 e. The second kappa shape index (κ2) is 4.91. The molecule has 0 spiro atoms. The van der Waals surface area contributed by atoms with Gasteiger partial charge in [0, 0.05) is 9.92 Å². The van der Waals surface area contributed by atoms with Gasteiger partial charge in [-0.15, -0.1) is 11.8 Å². The van der Waals surface area contributed by atoms with Crippen LogP contribution in [0.1, 0.15) is 6.92 Å². The molecule has 14 heavy (non-hydrogen) atoms. The van der Waals surface area contributed by atoms with Gasteiger partial charge in [-0.1, -0.05) is 23.2 Å². The summed E-state index contributed by atoms with van der Waals surface area (Å²) >= 11 is 13.2. The van der Waals surface area contributed by atoms with E-state index in [1.165, 1.54) is 11.8 Å². The normalized spacial score (nSPS) is 12.5. The van der Waals surface area contributed by atoms with Crippen molar-refractivity contribution in [3.63, 3.8) is 0 Å². The quantitative estimate of drug-likeness (QED) is 0.490. The SMILES string of the molecule is CC(Sc1cc(Cl)ccc1Cl)C(=N)N. The summed E-state index contributed by atoms with van der Waals surface area (Å²) in [6.45, 7) is 1.85. The highest BCUT2D eigenvalue weighted by atomic mass is 35.5. The minimum atomic E-state index is -0.0917. The van der Waals surface area contributed by atoms with Gasteiger partial charge in [0.25, 0.3) is 0 Å². The Morgan fingerprint density at radius 3 is 2.71 bits per heavy atom. The van der Waals surface area contributed by atoms with Gasteiger partial charge in [0.05, 0.1) is 10.3 Å². The minimum Gasteiger partial charge on any atom is -0.387 e. The molecule has 1 aromatic carbocycles. The topological polar surface area (TPSA) is 49.9 Å². The molecular formula is C9H10Cl2N2S. The molecule has 0 bridgehead atoms. The van der Waals surface area contributed by atoms with Crippen molar-refractivity contribution < 1.29 is 0 Å². The van der Waals surface area contributed by atoms with Crippen molar-refractivity contribution in [2.75, 3.05) is 0 Å². The van der Waals surface area contributed by atoms with Gasteiger partial charge in [-0.25, -0.2) is 0 Å². The Hall–Kier alpha value is -0.380. The highest BCUT2D eigenvalue weighted by molar-refractivity contribution is 8.00. The Bertz CT molecular complexity index is 355. The summed E-state index contributed by atoms with van der Waals surface area (Å²) in [6, 6.07) is 5.24. The average molecular weight is 249 g/mol. The molecule has 3 N–H and O–H groups in total. The molecule has 2 nitrogen and oxygen atoms in total. The molecule has 1 aromatic rings. The van der Waals surface area contributed by atoms with Crippen LogP contribution in [0.4, 0.5) is 0 Å². The average Bonchev–Trinajstić information content (AvgIpc) is 2.11. The van der Waals surface area contributed by atoms with E-state index in [2.05, 4.69) is 0 Å². The van der Waals surface area contributed by atoms with E-state index in [0.717, 1.165) is 4.90 Å². The van der Waals surface area contributed by atoms with Crippen LogP contribution in [-0.4, -0.2) is 11.1 Å². The molecule has 1 rings (SSSR count). The Kier molecular flexibility index (Phi) is 4.11. The molecule has 0 fully saturated rings. The highest BCUT2D eigenvalue weighted by Crippen LogP contribution is 2.32. The number of halogens is 2. The lowest BCUT2D eigenvalue weighted by Gasteiger charge is -2.10. The van der Waals surface area contributed by atoms with Crippen LogP contribution in [0.25, 0.3) is 0 Å². The van der Waals surface area contributed by atoms with Gasteiger partial charge in [-0.3, -0.25) is 5.41 Å². The summed E-state index contributed by atoms with van der Waals surface area (Å²) in [4.78, 5) is 0.849. The van der Waals surface area contributed by atoms with E-state index in [1.54, 1.807) is 18.2 Å². The van der Waals surface area contributed by atoms with Crippen LogP contribution in [0.3, 0.4) is 0 Å². The number of rotatable bonds is 3. The maximum atomic E-state index is 7.25. The Labute approximate surface area is 97.3 Å². The summed E-state index contributed by atoms with van der Waals surface area (Å²) in [5, 5.41) is 8.43. The Morgan fingerprint density at radius 2 is 2.14 bits per heavy atom. The van der Waals surface area contributed by atoms with Gasteiger partial charge in [0.15, 0.2) is 0 Å². The first kappa shape index (κ1) is 11.7. The molecule has 0 aromatic heterocycles. The molecule has 0 aliphatic carbocycles.